The molecule has 0 saturated carbocycles. The molecule has 11 nitrogen and oxygen atoms in total. The molecule has 4 heterocycles. The number of nitrogens with one attached hydrogen (secondary N) is 1. The second-order valence-electron chi connectivity index (χ2n) is 9.41. The van der Waals surface area contributed by atoms with Gasteiger partial charge in [0.1, 0.15) is 11.2 Å². The molecule has 3 aromatic heterocycles. The van der Waals surface area contributed by atoms with Crippen LogP contribution in [0.5, 0.6) is 11.5 Å². The highest BCUT2D eigenvalue weighted by atomic mass is 19.1. The average molecular weight is 567 g/mol. The fourth-order valence-corrected chi connectivity index (χ4v) is 4.73. The number of methoxy groups -OCH3 is 2. The number of halogens is 2. The molecule has 0 spiro atoms. The summed E-state index contributed by atoms with van der Waals surface area (Å²) in [4.78, 5) is 25.7. The van der Waals surface area contributed by atoms with Crippen molar-refractivity contribution in [3.8, 4) is 34.0 Å². The van der Waals surface area contributed by atoms with E-state index in [0.29, 0.717) is 29.7 Å². The van der Waals surface area contributed by atoms with Crippen LogP contribution in [0.1, 0.15) is 6.42 Å². The number of fused-ring (bicyclic) bond motifs is 1. The number of carbonyl (C=O) groups excluding carboxylic acids is 1. The summed E-state index contributed by atoms with van der Waals surface area (Å²) >= 11 is 0. The minimum atomic E-state index is -0.944. The number of hydrogen-bond acceptors (Lipinski definition) is 10. The third-order valence-corrected chi connectivity index (χ3v) is 6.84. The van der Waals surface area contributed by atoms with Gasteiger partial charge in [-0.3, -0.25) is 9.48 Å². The van der Waals surface area contributed by atoms with Crippen LogP contribution in [0.25, 0.3) is 33.4 Å². The van der Waals surface area contributed by atoms with Gasteiger partial charge in [0.15, 0.2) is 28.9 Å². The SMILES string of the molecule is C=CC(=O)C[C@H]1COC[C@H]1Nc1ncc2cc(-c3c(F)c(OC)cc(OC)c3F)nc(-c3cnn(CCO)c3)c2n1. The number of anilines is 1. The van der Waals surface area contributed by atoms with Crippen LogP contribution in [0.2, 0.25) is 0 Å². The maximum Gasteiger partial charge on any atom is 0.223 e. The van der Waals surface area contributed by atoms with Crippen molar-refractivity contribution < 1.29 is 32.9 Å². The van der Waals surface area contributed by atoms with Crippen LogP contribution in [0.3, 0.4) is 0 Å². The van der Waals surface area contributed by atoms with Gasteiger partial charge in [0.05, 0.1) is 64.1 Å². The zero-order valence-corrected chi connectivity index (χ0v) is 22.4. The first-order valence-electron chi connectivity index (χ1n) is 12.8. The highest BCUT2D eigenvalue weighted by Crippen LogP contribution is 2.39. The summed E-state index contributed by atoms with van der Waals surface area (Å²) in [6, 6.07) is 2.39. The van der Waals surface area contributed by atoms with Gasteiger partial charge in [-0.05, 0) is 12.1 Å². The van der Waals surface area contributed by atoms with Gasteiger partial charge in [-0.1, -0.05) is 6.58 Å². The van der Waals surface area contributed by atoms with Crippen LogP contribution in [0.4, 0.5) is 14.7 Å². The number of rotatable bonds is 11. The van der Waals surface area contributed by atoms with Crippen LogP contribution in [-0.2, 0) is 16.1 Å². The molecule has 0 unspecified atom stereocenters. The third-order valence-electron chi connectivity index (χ3n) is 6.84. The summed E-state index contributed by atoms with van der Waals surface area (Å²) in [6.07, 6.45) is 6.26. The summed E-state index contributed by atoms with van der Waals surface area (Å²) < 4.78 is 48.2. The Hall–Kier alpha value is -4.49. The number of nitrogens with zero attached hydrogens (tertiary/aromatic N) is 5. The lowest BCUT2D eigenvalue weighted by Gasteiger charge is -2.18. The number of ketones is 1. The van der Waals surface area contributed by atoms with Gasteiger partial charge < -0.3 is 24.6 Å². The Bertz CT molecular complexity index is 1580. The molecule has 0 radical (unpaired) electrons. The van der Waals surface area contributed by atoms with E-state index in [4.69, 9.17) is 14.2 Å². The summed E-state index contributed by atoms with van der Waals surface area (Å²) in [7, 11) is 2.54. The van der Waals surface area contributed by atoms with Crippen molar-refractivity contribution in [1.29, 1.82) is 0 Å². The Balaban J connectivity index is 1.63. The van der Waals surface area contributed by atoms with Gasteiger partial charge in [0, 0.05) is 41.7 Å². The fraction of sp³-hybridized carbons (Fsp3) is 0.321. The van der Waals surface area contributed by atoms with Gasteiger partial charge >= 0.3 is 0 Å². The summed E-state index contributed by atoms with van der Waals surface area (Å²) in [6.45, 7) is 4.41. The molecule has 0 aliphatic carbocycles. The summed E-state index contributed by atoms with van der Waals surface area (Å²) in [5.74, 6) is -2.22. The van der Waals surface area contributed by atoms with E-state index in [9.17, 15) is 9.90 Å². The van der Waals surface area contributed by atoms with Gasteiger partial charge in [0.2, 0.25) is 5.95 Å². The van der Waals surface area contributed by atoms with Crippen LogP contribution in [0, 0.1) is 17.6 Å². The van der Waals surface area contributed by atoms with Crippen LogP contribution < -0.4 is 14.8 Å². The maximum absolute atomic E-state index is 15.4. The largest absolute Gasteiger partial charge is 0.494 e. The van der Waals surface area contributed by atoms with E-state index in [2.05, 4.69) is 31.9 Å². The number of ether oxygens (including phenoxy) is 3. The molecule has 1 aromatic carbocycles. The molecule has 1 saturated heterocycles. The lowest BCUT2D eigenvalue weighted by molar-refractivity contribution is -0.115. The van der Waals surface area contributed by atoms with Crippen LogP contribution >= 0.6 is 0 Å². The number of allylic oxidation sites excluding steroid dienone is 1. The zero-order chi connectivity index (χ0) is 29.1. The van der Waals surface area contributed by atoms with Crippen molar-refractivity contribution in [3.63, 3.8) is 0 Å². The zero-order valence-electron chi connectivity index (χ0n) is 22.4. The number of aliphatic hydroxyl groups excluding tert-OH is 1. The van der Waals surface area contributed by atoms with Crippen LogP contribution in [0.15, 0.2) is 43.4 Å². The van der Waals surface area contributed by atoms with Crippen molar-refractivity contribution in [3.05, 3.63) is 55.0 Å². The maximum atomic E-state index is 15.4. The smallest absolute Gasteiger partial charge is 0.223 e. The molecule has 214 valence electrons. The van der Waals surface area contributed by atoms with Gasteiger partial charge in [-0.2, -0.15) is 5.10 Å². The minimum Gasteiger partial charge on any atom is -0.494 e. The van der Waals surface area contributed by atoms with E-state index in [0.717, 1.165) is 6.07 Å². The Morgan fingerprint density at radius 1 is 1.20 bits per heavy atom. The molecular formula is C28H28F2N6O5. The molecule has 4 aromatic rings. The molecule has 0 amide bonds. The van der Waals surface area contributed by atoms with Crippen molar-refractivity contribution in [2.45, 2.75) is 19.0 Å². The second kappa shape index (κ2) is 11.9. The van der Waals surface area contributed by atoms with Crippen LogP contribution in [-0.4, -0.2) is 75.7 Å². The molecule has 5 rings (SSSR count). The van der Waals surface area contributed by atoms with E-state index in [1.165, 1.54) is 43.4 Å². The number of hydrogen-bond donors (Lipinski definition) is 2. The minimum absolute atomic E-state index is 0.0360. The molecule has 0 bridgehead atoms. The molecule has 2 atom stereocenters. The molecular weight excluding hydrogens is 538 g/mol. The quantitative estimate of drug-likeness (QED) is 0.260. The summed E-state index contributed by atoms with van der Waals surface area (Å²) in [5, 5.41) is 17.3. The van der Waals surface area contributed by atoms with E-state index in [1.807, 2.05) is 0 Å². The second-order valence-corrected chi connectivity index (χ2v) is 9.41. The highest BCUT2D eigenvalue weighted by molar-refractivity contribution is 5.94. The molecule has 1 aliphatic rings. The predicted octanol–water partition coefficient (Wildman–Crippen LogP) is 3.42. The third kappa shape index (κ3) is 5.58. The van der Waals surface area contributed by atoms with E-state index < -0.39 is 17.2 Å². The van der Waals surface area contributed by atoms with Crippen molar-refractivity contribution in [2.75, 3.05) is 39.4 Å². The number of aromatic nitrogens is 5. The first-order chi connectivity index (χ1) is 19.9. The molecule has 1 aliphatic heterocycles. The lowest BCUT2D eigenvalue weighted by atomic mass is 9.97. The standard InChI is InChI=1S/C28H28F2N6O5/c1-4-18(38)7-16-13-41-14-20(16)34-28-31-10-15-8-19(23-24(29)21(39-2)9-22(40-3)25(23)30)33-27(26(15)35-28)17-11-32-36(12-17)5-6-37/h4,8-12,16,20,37H,1,5-7,13-14H2,2-3H3,(H,31,34,35)/t16-,20+/m0/s1. The normalized spacial score (nSPS) is 16.6. The Morgan fingerprint density at radius 3 is 2.63 bits per heavy atom. The number of aliphatic hydroxyl groups is 1. The fourth-order valence-electron chi connectivity index (χ4n) is 4.73. The number of pyridine rings is 1. The monoisotopic (exact) mass is 566 g/mol. The Kier molecular flexibility index (Phi) is 8.17. The summed E-state index contributed by atoms with van der Waals surface area (Å²) in [5.41, 5.74) is 0.708. The first kappa shape index (κ1) is 28.1. The van der Waals surface area contributed by atoms with Crippen molar-refractivity contribution in [1.82, 2.24) is 24.7 Å². The Labute approximate surface area is 233 Å². The molecule has 2 N–H and O–H groups in total. The predicted molar refractivity (Wildman–Crippen MR) is 146 cm³/mol. The van der Waals surface area contributed by atoms with E-state index >= 15 is 8.78 Å². The topological polar surface area (TPSA) is 134 Å². The number of benzene rings is 1. The highest BCUT2D eigenvalue weighted by Gasteiger charge is 2.30. The van der Waals surface area contributed by atoms with Gasteiger partial charge in [-0.25, -0.2) is 23.7 Å². The van der Waals surface area contributed by atoms with Crippen molar-refractivity contribution >= 4 is 22.6 Å². The van der Waals surface area contributed by atoms with E-state index in [1.54, 1.807) is 6.20 Å². The molecule has 1 fully saturated rings. The molecule has 13 heteroatoms. The van der Waals surface area contributed by atoms with Gasteiger partial charge in [-0.15, -0.1) is 0 Å². The van der Waals surface area contributed by atoms with Crippen molar-refractivity contribution in [2.24, 2.45) is 5.92 Å². The molecule has 41 heavy (non-hydrogen) atoms. The average Bonchev–Trinajstić information content (AvgIpc) is 3.62. The van der Waals surface area contributed by atoms with E-state index in [-0.39, 0.29) is 66.2 Å². The number of carbonyl (C=O) groups is 1. The Morgan fingerprint density at radius 2 is 1.95 bits per heavy atom. The lowest BCUT2D eigenvalue weighted by Crippen LogP contribution is -2.30. The first-order valence-corrected chi connectivity index (χ1v) is 12.8. The van der Waals surface area contributed by atoms with Gasteiger partial charge in [0.25, 0.3) is 0 Å².